The first-order valence-corrected chi connectivity index (χ1v) is 5.79. The molecule has 0 spiro atoms. The van der Waals surface area contributed by atoms with Gasteiger partial charge in [-0.3, -0.25) is 0 Å². The zero-order valence-corrected chi connectivity index (χ0v) is 10.8. The average molecular weight is 243 g/mol. The van der Waals surface area contributed by atoms with Crippen molar-refractivity contribution in [3.8, 4) is 0 Å². The number of hydrogen-bond acceptors (Lipinski definition) is 3. The predicted octanol–water partition coefficient (Wildman–Crippen LogP) is 2.07. The molecule has 0 atom stereocenters. The van der Waals surface area contributed by atoms with E-state index in [1.807, 2.05) is 36.5 Å². The van der Waals surface area contributed by atoms with E-state index in [-0.39, 0.29) is 5.54 Å². The van der Waals surface area contributed by atoms with E-state index < -0.39 is 0 Å². The predicted molar refractivity (Wildman–Crippen MR) is 71.8 cm³/mol. The van der Waals surface area contributed by atoms with Gasteiger partial charge in [-0.1, -0.05) is 23.4 Å². The Morgan fingerprint density at radius 2 is 1.89 bits per heavy atom. The van der Waals surface area contributed by atoms with Crippen LogP contribution in [0.4, 0.5) is 5.69 Å². The second-order valence-electron chi connectivity index (χ2n) is 5.05. The Hall–Kier alpha value is -2.17. The maximum atomic E-state index is 5.92. The maximum Gasteiger partial charge on any atom is 0.153 e. The fourth-order valence-electron chi connectivity index (χ4n) is 1.41. The molecule has 1 aromatic carbocycles. The van der Waals surface area contributed by atoms with Gasteiger partial charge in [-0.25, -0.2) is 9.67 Å². The quantitative estimate of drug-likeness (QED) is 0.648. The van der Waals surface area contributed by atoms with E-state index in [9.17, 15) is 0 Å². The van der Waals surface area contributed by atoms with Crippen molar-refractivity contribution in [3.05, 3.63) is 42.2 Å². The van der Waals surface area contributed by atoms with Gasteiger partial charge in [-0.05, 0) is 32.9 Å². The van der Waals surface area contributed by atoms with Gasteiger partial charge in [-0.2, -0.15) is 0 Å². The zero-order chi connectivity index (χ0) is 13.2. The molecule has 0 fully saturated rings. The first-order chi connectivity index (χ1) is 8.47. The summed E-state index contributed by atoms with van der Waals surface area (Å²) < 4.78 is 1.77. The molecule has 0 saturated carbocycles. The summed E-state index contributed by atoms with van der Waals surface area (Å²) >= 11 is 0. The van der Waals surface area contributed by atoms with Gasteiger partial charge in [0.2, 0.25) is 0 Å². The van der Waals surface area contributed by atoms with Gasteiger partial charge >= 0.3 is 0 Å². The Bertz CT molecular complexity index is 548. The molecule has 5 nitrogen and oxygen atoms in total. The second kappa shape index (κ2) is 4.60. The van der Waals surface area contributed by atoms with Crippen LogP contribution in [0, 0.1) is 0 Å². The van der Waals surface area contributed by atoms with Crippen LogP contribution in [-0.2, 0) is 5.54 Å². The summed E-state index contributed by atoms with van der Waals surface area (Å²) in [5.41, 5.74) is 7.20. The average Bonchev–Trinajstić information content (AvgIpc) is 2.79. The normalized spacial score (nSPS) is 12.7. The minimum Gasteiger partial charge on any atom is -0.382 e. The van der Waals surface area contributed by atoms with E-state index in [0.29, 0.717) is 11.5 Å². The van der Waals surface area contributed by atoms with Crippen molar-refractivity contribution in [2.45, 2.75) is 26.3 Å². The van der Waals surface area contributed by atoms with Crippen molar-refractivity contribution in [1.82, 2.24) is 15.0 Å². The Morgan fingerprint density at radius 1 is 1.22 bits per heavy atom. The highest BCUT2D eigenvalue weighted by Crippen LogP contribution is 2.13. The highest BCUT2D eigenvalue weighted by Gasteiger charge is 2.16. The van der Waals surface area contributed by atoms with Crippen molar-refractivity contribution in [1.29, 1.82) is 0 Å². The molecule has 94 valence electrons. The third-order valence-electron chi connectivity index (χ3n) is 2.45. The molecule has 0 aliphatic heterocycles. The van der Waals surface area contributed by atoms with Crippen molar-refractivity contribution in [3.63, 3.8) is 0 Å². The molecule has 2 rings (SSSR count). The summed E-state index contributed by atoms with van der Waals surface area (Å²) in [5.74, 6) is 0.372. The van der Waals surface area contributed by atoms with Crippen molar-refractivity contribution in [2.24, 2.45) is 10.7 Å². The van der Waals surface area contributed by atoms with Crippen LogP contribution < -0.4 is 5.73 Å². The number of nitrogens with zero attached hydrogens (tertiary/aromatic N) is 4. The van der Waals surface area contributed by atoms with Crippen LogP contribution in [0.15, 0.2) is 41.5 Å². The van der Waals surface area contributed by atoms with Crippen LogP contribution in [0.3, 0.4) is 0 Å². The van der Waals surface area contributed by atoms with E-state index in [4.69, 9.17) is 5.73 Å². The lowest BCUT2D eigenvalue weighted by atomic mass is 10.1. The maximum absolute atomic E-state index is 5.92. The fraction of sp³-hybridized carbons (Fsp3) is 0.308. The van der Waals surface area contributed by atoms with Crippen LogP contribution >= 0.6 is 0 Å². The zero-order valence-electron chi connectivity index (χ0n) is 10.8. The number of nitrogens with two attached hydrogens (primary N) is 1. The number of hydrogen-bond donors (Lipinski definition) is 1. The molecule has 1 heterocycles. The Labute approximate surface area is 106 Å². The highest BCUT2D eigenvalue weighted by molar-refractivity contribution is 5.96. The van der Waals surface area contributed by atoms with Gasteiger partial charge in [0.05, 0.1) is 17.4 Å². The molecule has 0 bridgehead atoms. The lowest BCUT2D eigenvalue weighted by molar-refractivity contribution is 0.347. The molecule has 2 aromatic rings. The first-order valence-electron chi connectivity index (χ1n) is 5.79. The minimum atomic E-state index is -0.113. The smallest absolute Gasteiger partial charge is 0.153 e. The molecule has 2 N–H and O–H groups in total. The first kappa shape index (κ1) is 12.3. The fourth-order valence-corrected chi connectivity index (χ4v) is 1.41. The molecule has 0 radical (unpaired) electrons. The van der Waals surface area contributed by atoms with Crippen LogP contribution in [0.25, 0.3) is 0 Å². The van der Waals surface area contributed by atoms with Gasteiger partial charge in [0.1, 0.15) is 5.69 Å². The number of aromatic nitrogens is 3. The third-order valence-corrected chi connectivity index (χ3v) is 2.45. The van der Waals surface area contributed by atoms with E-state index in [2.05, 4.69) is 36.1 Å². The van der Waals surface area contributed by atoms with Gasteiger partial charge in [0.25, 0.3) is 0 Å². The molecular weight excluding hydrogens is 226 g/mol. The van der Waals surface area contributed by atoms with Crippen molar-refractivity contribution < 1.29 is 0 Å². The van der Waals surface area contributed by atoms with Crippen molar-refractivity contribution in [2.75, 3.05) is 0 Å². The SMILES string of the molecule is CC(C)(C)n1cc(C(N)=Nc2ccccc2)nn1. The Morgan fingerprint density at radius 3 is 2.44 bits per heavy atom. The highest BCUT2D eigenvalue weighted by atomic mass is 15.4. The lowest BCUT2D eigenvalue weighted by Gasteiger charge is -2.17. The van der Waals surface area contributed by atoms with E-state index in [1.54, 1.807) is 4.68 Å². The van der Waals surface area contributed by atoms with E-state index in [0.717, 1.165) is 5.69 Å². The standard InChI is InChI=1S/C13H17N5/c1-13(2,3)18-9-11(16-17-18)12(14)15-10-7-5-4-6-8-10/h4-9H,1-3H3,(H2,14,15). The molecule has 0 aliphatic carbocycles. The molecule has 0 aliphatic rings. The second-order valence-corrected chi connectivity index (χ2v) is 5.05. The van der Waals surface area contributed by atoms with Gasteiger partial charge < -0.3 is 5.73 Å². The summed E-state index contributed by atoms with van der Waals surface area (Å²) in [6.45, 7) is 6.15. The topological polar surface area (TPSA) is 69.1 Å². The van der Waals surface area contributed by atoms with Crippen LogP contribution in [0.1, 0.15) is 26.5 Å². The van der Waals surface area contributed by atoms with Gasteiger partial charge in [0.15, 0.2) is 5.84 Å². The number of rotatable bonds is 2. The molecule has 5 heteroatoms. The summed E-state index contributed by atoms with van der Waals surface area (Å²) in [7, 11) is 0. The van der Waals surface area contributed by atoms with Crippen LogP contribution in [0.2, 0.25) is 0 Å². The van der Waals surface area contributed by atoms with Crippen LogP contribution in [0.5, 0.6) is 0 Å². The minimum absolute atomic E-state index is 0.113. The van der Waals surface area contributed by atoms with Gasteiger partial charge in [-0.15, -0.1) is 5.10 Å². The molecule has 1 aromatic heterocycles. The molecule has 18 heavy (non-hydrogen) atoms. The summed E-state index contributed by atoms with van der Waals surface area (Å²) in [6.07, 6.45) is 1.81. The summed E-state index contributed by atoms with van der Waals surface area (Å²) in [5, 5.41) is 8.09. The summed E-state index contributed by atoms with van der Waals surface area (Å²) in [6, 6.07) is 9.55. The van der Waals surface area contributed by atoms with Crippen LogP contribution in [-0.4, -0.2) is 20.8 Å². The molecule has 0 amide bonds. The number of benzene rings is 1. The third kappa shape index (κ3) is 2.74. The lowest BCUT2D eigenvalue weighted by Crippen LogP contribution is -2.22. The number of amidine groups is 1. The van der Waals surface area contributed by atoms with E-state index in [1.165, 1.54) is 0 Å². The largest absolute Gasteiger partial charge is 0.382 e. The van der Waals surface area contributed by atoms with E-state index >= 15 is 0 Å². The number of para-hydroxylation sites is 1. The Balaban J connectivity index is 2.27. The molecule has 0 unspecified atom stereocenters. The Kier molecular flexibility index (Phi) is 3.14. The van der Waals surface area contributed by atoms with Crippen molar-refractivity contribution >= 4 is 11.5 Å². The monoisotopic (exact) mass is 243 g/mol. The summed E-state index contributed by atoms with van der Waals surface area (Å²) in [4.78, 5) is 4.30. The molecule has 0 saturated heterocycles. The number of aliphatic imine (C=N–C) groups is 1. The molecular formula is C13H17N5. The van der Waals surface area contributed by atoms with Gasteiger partial charge in [0, 0.05) is 0 Å².